The number of nitrogens with one attached hydrogen (secondary N) is 1. The Labute approximate surface area is 166 Å². The number of hydrogen-bond acceptors (Lipinski definition) is 6. The first-order valence-corrected chi connectivity index (χ1v) is 9.90. The summed E-state index contributed by atoms with van der Waals surface area (Å²) in [7, 11) is 0. The molecule has 1 aliphatic rings. The summed E-state index contributed by atoms with van der Waals surface area (Å²) in [6, 6.07) is 8.86. The summed E-state index contributed by atoms with van der Waals surface area (Å²) in [6.07, 6.45) is 2.85. The first-order valence-electron chi connectivity index (χ1n) is 9.08. The fraction of sp³-hybridized carbons (Fsp3) is 0.350. The summed E-state index contributed by atoms with van der Waals surface area (Å²) in [5.41, 5.74) is 6.82. The SMILES string of the molecule is C[C@H](Oc1ccccc1)C(=O)OCC(=O)Nc1sc2c(c1C(N)=O)CCCC2. The van der Waals surface area contributed by atoms with E-state index in [2.05, 4.69) is 5.32 Å². The molecule has 28 heavy (non-hydrogen) atoms. The Bertz CT molecular complexity index is 878. The van der Waals surface area contributed by atoms with Crippen LogP contribution in [0.4, 0.5) is 5.00 Å². The van der Waals surface area contributed by atoms with E-state index in [-0.39, 0.29) is 0 Å². The van der Waals surface area contributed by atoms with Crippen LogP contribution in [0.25, 0.3) is 0 Å². The molecule has 3 rings (SSSR count). The molecule has 0 aliphatic heterocycles. The zero-order valence-corrected chi connectivity index (χ0v) is 16.3. The molecule has 2 amide bonds. The lowest BCUT2D eigenvalue weighted by molar-refractivity contribution is -0.153. The lowest BCUT2D eigenvalue weighted by Crippen LogP contribution is -2.30. The molecule has 0 fully saturated rings. The van der Waals surface area contributed by atoms with Crippen LogP contribution in [0.15, 0.2) is 30.3 Å². The minimum atomic E-state index is -0.856. The van der Waals surface area contributed by atoms with Gasteiger partial charge in [0.2, 0.25) is 0 Å². The van der Waals surface area contributed by atoms with E-state index >= 15 is 0 Å². The standard InChI is InChI=1S/C20H22N2O5S/c1-12(27-13-7-3-2-4-8-13)20(25)26-11-16(23)22-19-17(18(21)24)14-9-5-6-10-15(14)28-19/h2-4,7-8,12H,5-6,9-11H2,1H3,(H2,21,24)(H,22,23)/t12-/m0/s1. The second-order valence-electron chi connectivity index (χ2n) is 6.51. The van der Waals surface area contributed by atoms with Crippen molar-refractivity contribution in [1.29, 1.82) is 0 Å². The molecule has 0 saturated heterocycles. The van der Waals surface area contributed by atoms with Crippen molar-refractivity contribution in [3.05, 3.63) is 46.3 Å². The topological polar surface area (TPSA) is 108 Å². The number of aryl methyl sites for hydroxylation is 1. The Morgan fingerprint density at radius 3 is 2.61 bits per heavy atom. The molecule has 0 saturated carbocycles. The van der Waals surface area contributed by atoms with Gasteiger partial charge in [-0.15, -0.1) is 11.3 Å². The maximum Gasteiger partial charge on any atom is 0.347 e. The Hall–Kier alpha value is -2.87. The van der Waals surface area contributed by atoms with Gasteiger partial charge in [0.1, 0.15) is 10.8 Å². The highest BCUT2D eigenvalue weighted by atomic mass is 32.1. The molecule has 1 heterocycles. The molecule has 7 nitrogen and oxygen atoms in total. The summed E-state index contributed by atoms with van der Waals surface area (Å²) in [5, 5.41) is 3.08. The molecule has 1 aromatic carbocycles. The van der Waals surface area contributed by atoms with Gasteiger partial charge < -0.3 is 20.5 Å². The molecule has 1 atom stereocenters. The first-order chi connectivity index (χ1) is 13.5. The number of rotatable bonds is 7. The Balaban J connectivity index is 1.56. The third kappa shape index (κ3) is 4.69. The number of hydrogen-bond donors (Lipinski definition) is 2. The minimum Gasteiger partial charge on any atom is -0.479 e. The minimum absolute atomic E-state index is 0.375. The highest BCUT2D eigenvalue weighted by molar-refractivity contribution is 7.17. The van der Waals surface area contributed by atoms with Crippen LogP contribution in [-0.2, 0) is 27.2 Å². The zero-order chi connectivity index (χ0) is 20.1. The number of nitrogens with two attached hydrogens (primary N) is 1. The van der Waals surface area contributed by atoms with Crippen LogP contribution in [0, 0.1) is 0 Å². The predicted octanol–water partition coefficient (Wildman–Crippen LogP) is 2.68. The van der Waals surface area contributed by atoms with Crippen molar-refractivity contribution in [3.8, 4) is 5.75 Å². The number of ether oxygens (including phenoxy) is 2. The van der Waals surface area contributed by atoms with Crippen molar-refractivity contribution < 1.29 is 23.9 Å². The summed E-state index contributed by atoms with van der Waals surface area (Å²) in [5.74, 6) is -1.20. The van der Waals surface area contributed by atoms with Crippen molar-refractivity contribution in [2.24, 2.45) is 5.73 Å². The number of fused-ring (bicyclic) bond motifs is 1. The Morgan fingerprint density at radius 2 is 1.89 bits per heavy atom. The van der Waals surface area contributed by atoms with Crippen molar-refractivity contribution in [2.45, 2.75) is 38.7 Å². The third-order valence-corrected chi connectivity index (χ3v) is 5.61. The van der Waals surface area contributed by atoms with Crippen LogP contribution in [0.3, 0.4) is 0 Å². The second kappa shape index (κ2) is 8.88. The highest BCUT2D eigenvalue weighted by Crippen LogP contribution is 2.37. The van der Waals surface area contributed by atoms with Crippen LogP contribution in [0.5, 0.6) is 5.75 Å². The molecule has 2 aromatic rings. The lowest BCUT2D eigenvalue weighted by Gasteiger charge is -2.14. The fourth-order valence-electron chi connectivity index (χ4n) is 3.08. The number of benzene rings is 1. The molecule has 0 unspecified atom stereocenters. The Morgan fingerprint density at radius 1 is 1.18 bits per heavy atom. The van der Waals surface area contributed by atoms with E-state index in [4.69, 9.17) is 15.2 Å². The third-order valence-electron chi connectivity index (χ3n) is 4.40. The number of para-hydroxylation sites is 1. The van der Waals surface area contributed by atoms with Gasteiger partial charge in [-0.3, -0.25) is 9.59 Å². The van der Waals surface area contributed by atoms with E-state index in [9.17, 15) is 14.4 Å². The van der Waals surface area contributed by atoms with Crippen LogP contribution in [0.2, 0.25) is 0 Å². The number of primary amides is 1. The van der Waals surface area contributed by atoms with Gasteiger partial charge in [0.25, 0.3) is 11.8 Å². The largest absolute Gasteiger partial charge is 0.479 e. The van der Waals surface area contributed by atoms with Crippen molar-refractivity contribution in [2.75, 3.05) is 11.9 Å². The summed E-state index contributed by atoms with van der Waals surface area (Å²) >= 11 is 1.36. The van der Waals surface area contributed by atoms with Gasteiger partial charge in [0.15, 0.2) is 12.7 Å². The molecule has 0 bridgehead atoms. The Kier molecular flexibility index (Phi) is 6.30. The number of carbonyl (C=O) groups excluding carboxylic acids is 3. The van der Waals surface area contributed by atoms with Crippen LogP contribution < -0.4 is 15.8 Å². The molecule has 8 heteroatoms. The zero-order valence-electron chi connectivity index (χ0n) is 15.5. The van der Waals surface area contributed by atoms with E-state index in [1.54, 1.807) is 31.2 Å². The van der Waals surface area contributed by atoms with E-state index in [0.717, 1.165) is 36.1 Å². The summed E-state index contributed by atoms with van der Waals surface area (Å²) in [6.45, 7) is 1.08. The maximum atomic E-state index is 12.2. The number of amides is 2. The fourth-order valence-corrected chi connectivity index (χ4v) is 4.39. The average Bonchev–Trinajstić information content (AvgIpc) is 3.04. The van der Waals surface area contributed by atoms with Gasteiger partial charge >= 0.3 is 5.97 Å². The molecule has 0 spiro atoms. The van der Waals surface area contributed by atoms with Gasteiger partial charge in [-0.05, 0) is 50.3 Å². The molecular formula is C20H22N2O5S. The summed E-state index contributed by atoms with van der Waals surface area (Å²) in [4.78, 5) is 37.2. The number of thiophene rings is 1. The van der Waals surface area contributed by atoms with Crippen molar-refractivity contribution in [1.82, 2.24) is 0 Å². The number of anilines is 1. The summed E-state index contributed by atoms with van der Waals surface area (Å²) < 4.78 is 10.5. The second-order valence-corrected chi connectivity index (χ2v) is 7.61. The monoisotopic (exact) mass is 402 g/mol. The molecule has 148 valence electrons. The molecular weight excluding hydrogens is 380 g/mol. The van der Waals surface area contributed by atoms with Gasteiger partial charge in [0, 0.05) is 4.88 Å². The quantitative estimate of drug-likeness (QED) is 0.692. The van der Waals surface area contributed by atoms with Gasteiger partial charge in [-0.25, -0.2) is 4.79 Å². The van der Waals surface area contributed by atoms with Crippen LogP contribution >= 0.6 is 11.3 Å². The van der Waals surface area contributed by atoms with E-state index < -0.39 is 30.5 Å². The molecule has 1 aromatic heterocycles. The van der Waals surface area contributed by atoms with Gasteiger partial charge in [-0.2, -0.15) is 0 Å². The van der Waals surface area contributed by atoms with Crippen LogP contribution in [0.1, 0.15) is 40.6 Å². The molecule has 1 aliphatic carbocycles. The molecule has 3 N–H and O–H groups in total. The van der Waals surface area contributed by atoms with Crippen molar-refractivity contribution in [3.63, 3.8) is 0 Å². The van der Waals surface area contributed by atoms with E-state index in [1.807, 2.05) is 6.07 Å². The number of carbonyl (C=O) groups is 3. The van der Waals surface area contributed by atoms with Gasteiger partial charge in [-0.1, -0.05) is 18.2 Å². The smallest absolute Gasteiger partial charge is 0.347 e. The molecule has 0 radical (unpaired) electrons. The lowest BCUT2D eigenvalue weighted by atomic mass is 9.95. The van der Waals surface area contributed by atoms with Crippen molar-refractivity contribution >= 4 is 34.1 Å². The van der Waals surface area contributed by atoms with Crippen LogP contribution in [-0.4, -0.2) is 30.5 Å². The maximum absolute atomic E-state index is 12.2. The normalized spacial score (nSPS) is 13.9. The van der Waals surface area contributed by atoms with E-state index in [0.29, 0.717) is 16.3 Å². The first kappa shape index (κ1) is 19.9. The average molecular weight is 402 g/mol. The van der Waals surface area contributed by atoms with Gasteiger partial charge in [0.05, 0.1) is 5.56 Å². The van der Waals surface area contributed by atoms with E-state index in [1.165, 1.54) is 11.3 Å². The number of esters is 1. The highest BCUT2D eigenvalue weighted by Gasteiger charge is 2.25. The predicted molar refractivity (Wildman–Crippen MR) is 106 cm³/mol.